The third kappa shape index (κ3) is 4.33. The van der Waals surface area contributed by atoms with E-state index in [0.717, 1.165) is 33.6 Å². The van der Waals surface area contributed by atoms with Crippen molar-refractivity contribution in [3.05, 3.63) is 108 Å². The average molecular weight is 481 g/mol. The van der Waals surface area contributed by atoms with Gasteiger partial charge in [0.1, 0.15) is 18.1 Å². The standard InChI is InChI=1S/C30H26NO5/c1-34-27-12-6-5-11-26(27)31(18-20-14-16-21(32)17-15-20)30(33)36-19-25-22-8-3-4-9-23(22)29-24(25)10-7-13-28(29)35-2/h3-17,25H,18-19H2,1-2H3. The average Bonchev–Trinajstić information content (AvgIpc) is 3.25. The zero-order valence-electron chi connectivity index (χ0n) is 20.1. The number of amides is 1. The quantitative estimate of drug-likeness (QED) is 0.292. The van der Waals surface area contributed by atoms with E-state index in [4.69, 9.17) is 14.2 Å². The van der Waals surface area contributed by atoms with Gasteiger partial charge in [0, 0.05) is 11.5 Å². The van der Waals surface area contributed by atoms with Crippen LogP contribution in [0.4, 0.5) is 10.5 Å². The second-order valence-corrected chi connectivity index (χ2v) is 8.54. The maximum absolute atomic E-state index is 13.5. The van der Waals surface area contributed by atoms with Gasteiger partial charge in [-0.25, -0.2) is 4.79 Å². The van der Waals surface area contributed by atoms with Gasteiger partial charge in [-0.05, 0) is 52.6 Å². The first-order valence-electron chi connectivity index (χ1n) is 11.7. The lowest BCUT2D eigenvalue weighted by atomic mass is 9.98. The summed E-state index contributed by atoms with van der Waals surface area (Å²) in [5, 5.41) is 11.6. The Balaban J connectivity index is 1.44. The second kappa shape index (κ2) is 10.0. The fraction of sp³-hybridized carbons (Fsp3) is 0.167. The number of carbonyl (C=O) groups excluding carboxylic acids is 1. The number of methoxy groups -OCH3 is 2. The van der Waals surface area contributed by atoms with Crippen molar-refractivity contribution in [3.8, 4) is 28.4 Å². The molecule has 4 aromatic carbocycles. The maximum atomic E-state index is 13.5. The van der Waals surface area contributed by atoms with Gasteiger partial charge in [0.05, 0.1) is 26.5 Å². The van der Waals surface area contributed by atoms with Gasteiger partial charge in [-0.3, -0.25) is 10.0 Å². The minimum absolute atomic E-state index is 0.0841. The predicted octanol–water partition coefficient (Wildman–Crippen LogP) is 6.80. The highest BCUT2D eigenvalue weighted by Gasteiger charge is 2.32. The molecule has 0 N–H and O–H groups in total. The SMILES string of the molecule is COc1ccccc1N(Cc1ccc([O])cc1)C(=O)OCC1c2ccccc2-c2c(OC)cccc21. The van der Waals surface area contributed by atoms with Crippen LogP contribution in [0.15, 0.2) is 91.0 Å². The largest absolute Gasteiger partial charge is 0.496 e. The molecule has 1 aliphatic rings. The van der Waals surface area contributed by atoms with Gasteiger partial charge in [0.15, 0.2) is 5.75 Å². The first kappa shape index (κ1) is 23.3. The van der Waals surface area contributed by atoms with Crippen molar-refractivity contribution < 1.29 is 24.1 Å². The van der Waals surface area contributed by atoms with Gasteiger partial charge in [0.25, 0.3) is 0 Å². The zero-order valence-corrected chi connectivity index (χ0v) is 20.1. The Bertz CT molecular complexity index is 1380. The van der Waals surface area contributed by atoms with E-state index in [1.54, 1.807) is 32.4 Å². The Kier molecular flexibility index (Phi) is 6.50. The van der Waals surface area contributed by atoms with Crippen molar-refractivity contribution in [2.75, 3.05) is 25.7 Å². The fourth-order valence-corrected chi connectivity index (χ4v) is 4.78. The smallest absolute Gasteiger partial charge is 0.414 e. The minimum atomic E-state index is -0.500. The summed E-state index contributed by atoms with van der Waals surface area (Å²) >= 11 is 0. The van der Waals surface area contributed by atoms with E-state index in [1.807, 2.05) is 42.5 Å². The van der Waals surface area contributed by atoms with Crippen molar-refractivity contribution in [2.24, 2.45) is 0 Å². The fourth-order valence-electron chi connectivity index (χ4n) is 4.78. The van der Waals surface area contributed by atoms with Crippen LogP contribution in [0.5, 0.6) is 17.2 Å². The Morgan fingerprint density at radius 1 is 0.778 bits per heavy atom. The highest BCUT2D eigenvalue weighted by Crippen LogP contribution is 2.49. The Morgan fingerprint density at radius 3 is 2.22 bits per heavy atom. The zero-order chi connectivity index (χ0) is 25.1. The summed E-state index contributed by atoms with van der Waals surface area (Å²) < 4.78 is 17.1. The van der Waals surface area contributed by atoms with Gasteiger partial charge < -0.3 is 14.2 Å². The lowest BCUT2D eigenvalue weighted by molar-refractivity contribution is 0.149. The predicted molar refractivity (Wildman–Crippen MR) is 137 cm³/mol. The molecule has 0 saturated heterocycles. The molecule has 6 heteroatoms. The van der Waals surface area contributed by atoms with Gasteiger partial charge in [-0.15, -0.1) is 0 Å². The maximum Gasteiger partial charge on any atom is 0.414 e. The number of rotatable bonds is 7. The molecule has 0 fully saturated rings. The lowest BCUT2D eigenvalue weighted by Crippen LogP contribution is -2.32. The summed E-state index contributed by atoms with van der Waals surface area (Å²) in [5.74, 6) is 1.15. The molecular weight excluding hydrogens is 454 g/mol. The Morgan fingerprint density at radius 2 is 1.44 bits per heavy atom. The van der Waals surface area contributed by atoms with Crippen LogP contribution in [0.25, 0.3) is 11.1 Å². The van der Waals surface area contributed by atoms with E-state index in [1.165, 1.54) is 17.0 Å². The van der Waals surface area contributed by atoms with E-state index in [0.29, 0.717) is 11.4 Å². The highest BCUT2D eigenvalue weighted by molar-refractivity contribution is 5.90. The van der Waals surface area contributed by atoms with E-state index >= 15 is 0 Å². The summed E-state index contributed by atoms with van der Waals surface area (Å²) in [5.41, 5.74) is 5.68. The number of carbonyl (C=O) groups is 1. The molecule has 36 heavy (non-hydrogen) atoms. The molecular formula is C30H26NO5. The first-order chi connectivity index (χ1) is 17.6. The van der Waals surface area contributed by atoms with E-state index < -0.39 is 6.09 Å². The van der Waals surface area contributed by atoms with Crippen molar-refractivity contribution in [3.63, 3.8) is 0 Å². The summed E-state index contributed by atoms with van der Waals surface area (Å²) in [7, 11) is 3.23. The highest BCUT2D eigenvalue weighted by atomic mass is 16.6. The van der Waals surface area contributed by atoms with Gasteiger partial charge in [-0.1, -0.05) is 60.7 Å². The molecule has 0 aromatic heterocycles. The Hall–Kier alpha value is -4.45. The van der Waals surface area contributed by atoms with Crippen LogP contribution in [0.2, 0.25) is 0 Å². The van der Waals surface area contributed by atoms with E-state index in [9.17, 15) is 9.90 Å². The van der Waals surface area contributed by atoms with Crippen molar-refractivity contribution in [1.29, 1.82) is 0 Å². The van der Waals surface area contributed by atoms with Crippen LogP contribution in [0.1, 0.15) is 22.6 Å². The summed E-state index contributed by atoms with van der Waals surface area (Å²) in [6.07, 6.45) is -0.500. The molecule has 1 radical (unpaired) electrons. The van der Waals surface area contributed by atoms with Crippen LogP contribution in [0.3, 0.4) is 0 Å². The Labute approximate surface area is 210 Å². The molecule has 0 bridgehead atoms. The minimum Gasteiger partial charge on any atom is -0.496 e. The van der Waals surface area contributed by atoms with Crippen molar-refractivity contribution in [2.45, 2.75) is 12.5 Å². The number of fused-ring (bicyclic) bond motifs is 3. The number of hydrogen-bond acceptors (Lipinski definition) is 4. The van der Waals surface area contributed by atoms with Crippen molar-refractivity contribution in [1.82, 2.24) is 0 Å². The molecule has 0 aliphatic heterocycles. The monoisotopic (exact) mass is 480 g/mol. The molecule has 181 valence electrons. The molecule has 1 unspecified atom stereocenters. The molecule has 6 nitrogen and oxygen atoms in total. The van der Waals surface area contributed by atoms with Gasteiger partial charge in [0.2, 0.25) is 0 Å². The van der Waals surface area contributed by atoms with Crippen LogP contribution in [0, 0.1) is 0 Å². The summed E-state index contributed by atoms with van der Waals surface area (Å²) in [4.78, 5) is 15.1. The lowest BCUT2D eigenvalue weighted by Gasteiger charge is -2.25. The van der Waals surface area contributed by atoms with Gasteiger partial charge >= 0.3 is 6.09 Å². The molecule has 1 atom stereocenters. The number of benzene rings is 4. The molecule has 0 spiro atoms. The molecule has 0 heterocycles. The van der Waals surface area contributed by atoms with Crippen LogP contribution in [-0.2, 0) is 16.4 Å². The van der Waals surface area contributed by atoms with E-state index in [-0.39, 0.29) is 24.8 Å². The van der Waals surface area contributed by atoms with Crippen LogP contribution >= 0.6 is 0 Å². The molecule has 0 saturated carbocycles. The summed E-state index contributed by atoms with van der Waals surface area (Å²) in [6, 6.07) is 27.8. The topological polar surface area (TPSA) is 67.9 Å². The number of ether oxygens (including phenoxy) is 3. The van der Waals surface area contributed by atoms with Crippen LogP contribution < -0.4 is 14.4 Å². The van der Waals surface area contributed by atoms with Crippen LogP contribution in [-0.4, -0.2) is 26.9 Å². The molecule has 4 aromatic rings. The molecule has 1 aliphatic carbocycles. The second-order valence-electron chi connectivity index (χ2n) is 8.54. The summed E-state index contributed by atoms with van der Waals surface area (Å²) in [6.45, 7) is 0.395. The van der Waals surface area contributed by atoms with E-state index in [2.05, 4.69) is 18.2 Å². The first-order valence-corrected chi connectivity index (χ1v) is 11.7. The molecule has 1 amide bonds. The number of anilines is 1. The van der Waals surface area contributed by atoms with Gasteiger partial charge in [-0.2, -0.15) is 0 Å². The van der Waals surface area contributed by atoms with Crippen molar-refractivity contribution >= 4 is 11.8 Å². The molecule has 5 rings (SSSR count). The number of para-hydroxylation sites is 2. The number of hydrogen-bond donors (Lipinski definition) is 0. The number of nitrogens with zero attached hydrogens (tertiary/aromatic N) is 1. The normalized spacial score (nSPS) is 13.4. The third-order valence-electron chi connectivity index (χ3n) is 6.49. The third-order valence-corrected chi connectivity index (χ3v) is 6.49.